The number of hydrogen-bond acceptors (Lipinski definition) is 4. The van der Waals surface area contributed by atoms with Crippen LogP contribution in [0.5, 0.6) is 5.75 Å². The van der Waals surface area contributed by atoms with Crippen LogP contribution in [0, 0.1) is 0 Å². The third-order valence-corrected chi connectivity index (χ3v) is 2.65. The van der Waals surface area contributed by atoms with Crippen LogP contribution in [0.3, 0.4) is 0 Å². The molecule has 2 heterocycles. The molecule has 0 spiro atoms. The molecule has 0 fully saturated rings. The first-order valence-electron chi connectivity index (χ1n) is 5.66. The van der Waals surface area contributed by atoms with Crippen LogP contribution < -0.4 is 15.8 Å². The van der Waals surface area contributed by atoms with Crippen molar-refractivity contribution >= 4 is 17.2 Å². The Hall–Kier alpha value is -2.43. The Balaban J connectivity index is 1.74. The monoisotopic (exact) mass is 243 g/mol. The van der Waals surface area contributed by atoms with E-state index >= 15 is 0 Å². The number of benzene rings is 1. The number of amidine groups is 1. The molecule has 0 bridgehead atoms. The van der Waals surface area contributed by atoms with E-state index in [1.54, 1.807) is 12.3 Å². The summed E-state index contributed by atoms with van der Waals surface area (Å²) >= 11 is 0. The summed E-state index contributed by atoms with van der Waals surface area (Å²) in [5.41, 5.74) is 7.26. The van der Waals surface area contributed by atoms with E-state index in [9.17, 15) is 0 Å². The maximum Gasteiger partial charge on any atom is 0.146 e. The van der Waals surface area contributed by atoms with E-state index in [4.69, 9.17) is 14.9 Å². The van der Waals surface area contributed by atoms with Gasteiger partial charge >= 0.3 is 0 Å². The molecule has 0 amide bonds. The molecule has 0 saturated carbocycles. The number of nitrogens with one attached hydrogen (secondary N) is 1. The second kappa shape index (κ2) is 4.44. The molecule has 3 N–H and O–H groups in total. The van der Waals surface area contributed by atoms with Gasteiger partial charge in [-0.3, -0.25) is 4.99 Å². The Labute approximate surface area is 104 Å². The second-order valence-corrected chi connectivity index (χ2v) is 4.01. The zero-order valence-corrected chi connectivity index (χ0v) is 9.72. The number of fused-ring (bicyclic) bond motifs is 1. The van der Waals surface area contributed by atoms with E-state index < -0.39 is 0 Å². The number of nitrogens with zero attached hydrogens (tertiary/aromatic N) is 1. The van der Waals surface area contributed by atoms with Crippen LogP contribution in [0.2, 0.25) is 0 Å². The normalized spacial score (nSPS) is 15.9. The van der Waals surface area contributed by atoms with Gasteiger partial charge in [0, 0.05) is 11.8 Å². The second-order valence-electron chi connectivity index (χ2n) is 4.01. The van der Waals surface area contributed by atoms with Crippen molar-refractivity contribution in [3.8, 4) is 5.75 Å². The maximum absolute atomic E-state index is 5.69. The fraction of sp³-hybridized carbons (Fsp3) is 0.154. The van der Waals surface area contributed by atoms with Gasteiger partial charge in [-0.15, -0.1) is 0 Å². The SMILES string of the molecule is Nc1ccc2c(c1)OCC(=NCc1ccco1)N2. The average Bonchev–Trinajstić information content (AvgIpc) is 2.89. The van der Waals surface area contributed by atoms with Gasteiger partial charge in [0.15, 0.2) is 0 Å². The number of hydrogen-bond donors (Lipinski definition) is 2. The number of rotatable bonds is 2. The molecule has 92 valence electrons. The Kier molecular flexibility index (Phi) is 2.64. The number of nitrogens with two attached hydrogens (primary N) is 1. The molecule has 2 aromatic rings. The lowest BCUT2D eigenvalue weighted by molar-refractivity contribution is 0.372. The first-order chi connectivity index (χ1) is 8.81. The fourth-order valence-corrected chi connectivity index (χ4v) is 1.76. The number of furan rings is 1. The molecule has 0 atom stereocenters. The number of anilines is 2. The van der Waals surface area contributed by atoms with E-state index in [1.807, 2.05) is 24.3 Å². The highest BCUT2D eigenvalue weighted by molar-refractivity contribution is 5.99. The van der Waals surface area contributed by atoms with Gasteiger partial charge in [-0.25, -0.2) is 0 Å². The summed E-state index contributed by atoms with van der Waals surface area (Å²) in [6.07, 6.45) is 1.64. The first-order valence-corrected chi connectivity index (χ1v) is 5.66. The molecule has 0 radical (unpaired) electrons. The van der Waals surface area contributed by atoms with E-state index in [-0.39, 0.29) is 0 Å². The third-order valence-electron chi connectivity index (χ3n) is 2.65. The number of nitrogen functional groups attached to an aromatic ring is 1. The lowest BCUT2D eigenvalue weighted by Gasteiger charge is -2.20. The standard InChI is InChI=1S/C13H13N3O2/c14-9-3-4-11-12(6-9)18-8-13(16-11)15-7-10-2-1-5-17-10/h1-6H,7-8,14H2,(H,15,16). The van der Waals surface area contributed by atoms with Crippen molar-refractivity contribution < 1.29 is 9.15 Å². The lowest BCUT2D eigenvalue weighted by atomic mass is 10.2. The van der Waals surface area contributed by atoms with Gasteiger partial charge in [-0.05, 0) is 24.3 Å². The summed E-state index contributed by atoms with van der Waals surface area (Å²) < 4.78 is 10.8. The van der Waals surface area contributed by atoms with Crippen molar-refractivity contribution in [2.45, 2.75) is 6.54 Å². The minimum atomic E-state index is 0.414. The zero-order chi connectivity index (χ0) is 12.4. The van der Waals surface area contributed by atoms with Crippen LogP contribution in [0.1, 0.15) is 5.76 Å². The van der Waals surface area contributed by atoms with Crippen LogP contribution >= 0.6 is 0 Å². The summed E-state index contributed by atoms with van der Waals surface area (Å²) in [4.78, 5) is 4.40. The number of aliphatic imine (C=N–C) groups is 1. The van der Waals surface area contributed by atoms with Gasteiger partial charge in [-0.2, -0.15) is 0 Å². The highest BCUT2D eigenvalue weighted by atomic mass is 16.5. The number of ether oxygens (including phenoxy) is 1. The molecule has 1 aromatic heterocycles. The zero-order valence-electron chi connectivity index (χ0n) is 9.72. The largest absolute Gasteiger partial charge is 0.483 e. The summed E-state index contributed by atoms with van der Waals surface area (Å²) in [5.74, 6) is 2.36. The van der Waals surface area contributed by atoms with E-state index in [2.05, 4.69) is 10.3 Å². The summed E-state index contributed by atoms with van der Waals surface area (Å²) in [5, 5.41) is 3.21. The molecule has 1 aliphatic rings. The minimum Gasteiger partial charge on any atom is -0.483 e. The Morgan fingerprint density at radius 3 is 3.11 bits per heavy atom. The highest BCUT2D eigenvalue weighted by Crippen LogP contribution is 2.29. The van der Waals surface area contributed by atoms with Crippen molar-refractivity contribution in [3.63, 3.8) is 0 Å². The maximum atomic E-state index is 5.69. The van der Waals surface area contributed by atoms with Crippen LogP contribution in [0.4, 0.5) is 11.4 Å². The molecule has 3 rings (SSSR count). The summed E-state index contributed by atoms with van der Waals surface area (Å²) in [6.45, 7) is 0.917. The predicted molar refractivity (Wildman–Crippen MR) is 69.8 cm³/mol. The van der Waals surface area contributed by atoms with Gasteiger partial charge in [0.1, 0.15) is 24.0 Å². The first kappa shape index (κ1) is 10.7. The lowest BCUT2D eigenvalue weighted by Crippen LogP contribution is -2.26. The predicted octanol–water partition coefficient (Wildman–Crippen LogP) is 2.26. The Bertz CT molecular complexity index is 576. The molecule has 0 aliphatic carbocycles. The Morgan fingerprint density at radius 2 is 2.28 bits per heavy atom. The quantitative estimate of drug-likeness (QED) is 0.793. The Morgan fingerprint density at radius 1 is 1.33 bits per heavy atom. The van der Waals surface area contributed by atoms with Crippen molar-refractivity contribution in [2.24, 2.45) is 4.99 Å². The average molecular weight is 243 g/mol. The summed E-state index contributed by atoms with van der Waals surface area (Å²) in [6, 6.07) is 9.24. The van der Waals surface area contributed by atoms with Crippen LogP contribution in [0.25, 0.3) is 0 Å². The molecule has 18 heavy (non-hydrogen) atoms. The van der Waals surface area contributed by atoms with Crippen LogP contribution in [0.15, 0.2) is 46.0 Å². The van der Waals surface area contributed by atoms with Crippen molar-refractivity contribution in [1.29, 1.82) is 0 Å². The summed E-state index contributed by atoms with van der Waals surface area (Å²) in [7, 11) is 0. The molecular weight excluding hydrogens is 230 g/mol. The van der Waals surface area contributed by atoms with Crippen LogP contribution in [-0.4, -0.2) is 12.4 Å². The molecule has 5 nitrogen and oxygen atoms in total. The highest BCUT2D eigenvalue weighted by Gasteiger charge is 2.14. The van der Waals surface area contributed by atoms with E-state index in [0.29, 0.717) is 18.8 Å². The molecular formula is C13H13N3O2. The van der Waals surface area contributed by atoms with E-state index in [0.717, 1.165) is 23.0 Å². The van der Waals surface area contributed by atoms with Gasteiger partial charge in [0.2, 0.25) is 0 Å². The third kappa shape index (κ3) is 2.15. The molecule has 5 heteroatoms. The van der Waals surface area contributed by atoms with Gasteiger partial charge < -0.3 is 20.2 Å². The minimum absolute atomic E-state index is 0.414. The molecule has 1 aliphatic heterocycles. The molecule has 1 aromatic carbocycles. The van der Waals surface area contributed by atoms with Gasteiger partial charge in [0.25, 0.3) is 0 Å². The van der Waals surface area contributed by atoms with Crippen LogP contribution in [-0.2, 0) is 6.54 Å². The molecule has 0 unspecified atom stereocenters. The van der Waals surface area contributed by atoms with Gasteiger partial charge in [-0.1, -0.05) is 0 Å². The van der Waals surface area contributed by atoms with Crippen molar-refractivity contribution in [3.05, 3.63) is 42.4 Å². The van der Waals surface area contributed by atoms with Crippen molar-refractivity contribution in [1.82, 2.24) is 0 Å². The smallest absolute Gasteiger partial charge is 0.146 e. The molecule has 0 saturated heterocycles. The van der Waals surface area contributed by atoms with E-state index in [1.165, 1.54) is 0 Å². The topological polar surface area (TPSA) is 72.8 Å². The van der Waals surface area contributed by atoms with Gasteiger partial charge in [0.05, 0.1) is 18.5 Å². The van der Waals surface area contributed by atoms with Crippen molar-refractivity contribution in [2.75, 3.05) is 17.7 Å². The fourth-order valence-electron chi connectivity index (χ4n) is 1.76.